The fourth-order valence-corrected chi connectivity index (χ4v) is 2.58. The molecule has 1 heterocycles. The van der Waals surface area contributed by atoms with E-state index >= 15 is 0 Å². The Morgan fingerprint density at radius 3 is 2.79 bits per heavy atom. The van der Waals surface area contributed by atoms with Crippen molar-refractivity contribution in [3.05, 3.63) is 51.7 Å². The summed E-state index contributed by atoms with van der Waals surface area (Å²) in [6, 6.07) is 11.4. The third-order valence-electron chi connectivity index (χ3n) is 2.69. The molecule has 0 unspecified atom stereocenters. The van der Waals surface area contributed by atoms with E-state index in [2.05, 4.69) is 10.6 Å². The molecule has 0 spiro atoms. The minimum atomic E-state index is -0.100. The van der Waals surface area contributed by atoms with Crippen LogP contribution in [-0.4, -0.2) is 12.5 Å². The molecule has 0 fully saturated rings. The Hall–Kier alpha value is -1.36. The van der Waals surface area contributed by atoms with Crippen LogP contribution in [0.3, 0.4) is 0 Å². The van der Waals surface area contributed by atoms with Crippen molar-refractivity contribution in [2.24, 2.45) is 0 Å². The van der Waals surface area contributed by atoms with Crippen molar-refractivity contribution < 1.29 is 4.79 Å². The molecular weight excluding hydrogens is 280 g/mol. The number of carbonyl (C=O) groups is 1. The van der Waals surface area contributed by atoms with Crippen molar-refractivity contribution in [1.29, 1.82) is 0 Å². The minimum Gasteiger partial charge on any atom is -0.324 e. The van der Waals surface area contributed by atoms with Crippen molar-refractivity contribution in [3.8, 4) is 0 Å². The molecule has 19 heavy (non-hydrogen) atoms. The average Bonchev–Trinajstić information content (AvgIpc) is 2.93. The first-order valence-electron chi connectivity index (χ1n) is 5.98. The molecular formula is C14H15ClN2OS. The number of halogens is 1. The topological polar surface area (TPSA) is 41.1 Å². The molecule has 5 heteroatoms. The van der Waals surface area contributed by atoms with E-state index in [1.54, 1.807) is 23.5 Å². The van der Waals surface area contributed by atoms with Gasteiger partial charge in [0.15, 0.2) is 0 Å². The fourth-order valence-electron chi connectivity index (χ4n) is 1.64. The summed E-state index contributed by atoms with van der Waals surface area (Å²) in [5.41, 5.74) is 0.639. The molecule has 3 nitrogen and oxygen atoms in total. The summed E-state index contributed by atoms with van der Waals surface area (Å²) in [6.07, 6.45) is 0. The second-order valence-electron chi connectivity index (χ2n) is 4.15. The molecule has 1 amide bonds. The molecule has 0 aliphatic carbocycles. The number of carbonyl (C=O) groups excluding carboxylic acids is 1. The third-order valence-corrected chi connectivity index (χ3v) is 4.07. The van der Waals surface area contributed by atoms with Crippen molar-refractivity contribution in [2.75, 3.05) is 11.9 Å². The van der Waals surface area contributed by atoms with Gasteiger partial charge in [-0.1, -0.05) is 29.8 Å². The van der Waals surface area contributed by atoms with Gasteiger partial charge in [0.2, 0.25) is 5.91 Å². The summed E-state index contributed by atoms with van der Waals surface area (Å²) in [4.78, 5) is 13.0. The molecule has 1 aromatic carbocycles. The van der Waals surface area contributed by atoms with Gasteiger partial charge in [-0.15, -0.1) is 11.3 Å². The van der Waals surface area contributed by atoms with Gasteiger partial charge < -0.3 is 10.6 Å². The lowest BCUT2D eigenvalue weighted by Gasteiger charge is -2.12. The van der Waals surface area contributed by atoms with Crippen LogP contribution >= 0.6 is 22.9 Å². The van der Waals surface area contributed by atoms with E-state index in [1.807, 2.05) is 36.6 Å². The Labute approximate surface area is 121 Å². The van der Waals surface area contributed by atoms with Gasteiger partial charge in [-0.25, -0.2) is 0 Å². The lowest BCUT2D eigenvalue weighted by molar-refractivity contribution is -0.115. The maximum atomic E-state index is 11.8. The highest BCUT2D eigenvalue weighted by Gasteiger charge is 2.09. The molecule has 100 valence electrons. The van der Waals surface area contributed by atoms with Gasteiger partial charge in [-0.05, 0) is 30.5 Å². The van der Waals surface area contributed by atoms with Crippen LogP contribution in [0.4, 0.5) is 5.69 Å². The van der Waals surface area contributed by atoms with Crippen LogP contribution in [0.5, 0.6) is 0 Å². The van der Waals surface area contributed by atoms with E-state index in [0.29, 0.717) is 10.7 Å². The average molecular weight is 295 g/mol. The van der Waals surface area contributed by atoms with Crippen LogP contribution in [0, 0.1) is 0 Å². The van der Waals surface area contributed by atoms with E-state index in [1.165, 1.54) is 4.88 Å². The lowest BCUT2D eigenvalue weighted by Crippen LogP contribution is -2.29. The molecule has 0 saturated heterocycles. The van der Waals surface area contributed by atoms with Gasteiger partial charge in [0.1, 0.15) is 0 Å². The highest BCUT2D eigenvalue weighted by atomic mass is 35.5. The molecule has 0 aliphatic rings. The van der Waals surface area contributed by atoms with Crippen molar-refractivity contribution in [3.63, 3.8) is 0 Å². The van der Waals surface area contributed by atoms with Crippen molar-refractivity contribution in [2.45, 2.75) is 13.0 Å². The maximum Gasteiger partial charge on any atom is 0.238 e. The van der Waals surface area contributed by atoms with Crippen molar-refractivity contribution in [1.82, 2.24) is 5.32 Å². The summed E-state index contributed by atoms with van der Waals surface area (Å²) >= 11 is 7.65. The first-order chi connectivity index (χ1) is 9.16. The highest BCUT2D eigenvalue weighted by Crippen LogP contribution is 2.20. The summed E-state index contributed by atoms with van der Waals surface area (Å²) in [7, 11) is 0. The van der Waals surface area contributed by atoms with E-state index in [9.17, 15) is 4.79 Å². The first-order valence-corrected chi connectivity index (χ1v) is 7.24. The number of rotatable bonds is 5. The Morgan fingerprint density at radius 1 is 1.32 bits per heavy atom. The zero-order valence-electron chi connectivity index (χ0n) is 10.5. The molecule has 0 bridgehead atoms. The number of para-hydroxylation sites is 1. The number of amides is 1. The number of hydrogen-bond acceptors (Lipinski definition) is 3. The number of nitrogens with one attached hydrogen (secondary N) is 2. The fraction of sp³-hybridized carbons (Fsp3) is 0.214. The van der Waals surface area contributed by atoms with Crippen LogP contribution in [0.25, 0.3) is 0 Å². The lowest BCUT2D eigenvalue weighted by atomic mass is 10.2. The molecule has 0 radical (unpaired) electrons. The zero-order chi connectivity index (χ0) is 13.7. The summed E-state index contributed by atoms with van der Waals surface area (Å²) < 4.78 is 0. The smallest absolute Gasteiger partial charge is 0.238 e. The Bertz CT molecular complexity index is 542. The van der Waals surface area contributed by atoms with E-state index in [4.69, 9.17) is 11.6 Å². The standard InChI is InChI=1S/C14H15ClN2OS/c1-10(13-7-4-8-19-13)16-9-14(18)17-12-6-3-2-5-11(12)15/h2-8,10,16H,9H2,1H3,(H,17,18)/t10-/m0/s1. The van der Waals surface area contributed by atoms with E-state index in [-0.39, 0.29) is 18.5 Å². The zero-order valence-corrected chi connectivity index (χ0v) is 12.1. The van der Waals surface area contributed by atoms with Crippen LogP contribution < -0.4 is 10.6 Å². The third kappa shape index (κ3) is 4.06. The minimum absolute atomic E-state index is 0.100. The van der Waals surface area contributed by atoms with E-state index < -0.39 is 0 Å². The molecule has 1 aromatic heterocycles. The Kier molecular flexibility index (Phi) is 4.96. The monoisotopic (exact) mass is 294 g/mol. The molecule has 2 rings (SSSR count). The Morgan fingerprint density at radius 2 is 2.11 bits per heavy atom. The quantitative estimate of drug-likeness (QED) is 0.883. The predicted octanol–water partition coefficient (Wildman–Crippen LogP) is 3.69. The van der Waals surface area contributed by atoms with Crippen LogP contribution in [0.15, 0.2) is 41.8 Å². The van der Waals surface area contributed by atoms with Crippen LogP contribution in [0.2, 0.25) is 5.02 Å². The van der Waals surface area contributed by atoms with Crippen LogP contribution in [0.1, 0.15) is 17.8 Å². The molecule has 2 N–H and O–H groups in total. The van der Waals surface area contributed by atoms with E-state index in [0.717, 1.165) is 0 Å². The van der Waals surface area contributed by atoms with Crippen LogP contribution in [-0.2, 0) is 4.79 Å². The van der Waals surface area contributed by atoms with Gasteiger partial charge in [0.05, 0.1) is 17.3 Å². The highest BCUT2D eigenvalue weighted by molar-refractivity contribution is 7.10. The number of anilines is 1. The van der Waals surface area contributed by atoms with Gasteiger partial charge in [0.25, 0.3) is 0 Å². The number of benzene rings is 1. The maximum absolute atomic E-state index is 11.8. The SMILES string of the molecule is C[C@H](NCC(=O)Nc1ccccc1Cl)c1cccs1. The second-order valence-corrected chi connectivity index (χ2v) is 5.53. The molecule has 0 aliphatic heterocycles. The van der Waals surface area contributed by atoms with Gasteiger partial charge in [0, 0.05) is 10.9 Å². The number of hydrogen-bond donors (Lipinski definition) is 2. The van der Waals surface area contributed by atoms with Gasteiger partial charge in [-0.2, -0.15) is 0 Å². The molecule has 1 atom stereocenters. The van der Waals surface area contributed by atoms with Gasteiger partial charge >= 0.3 is 0 Å². The Balaban J connectivity index is 1.84. The molecule has 2 aromatic rings. The second kappa shape index (κ2) is 6.70. The molecule has 0 saturated carbocycles. The summed E-state index contributed by atoms with van der Waals surface area (Å²) in [5, 5.41) is 8.53. The first kappa shape index (κ1) is 14.1. The summed E-state index contributed by atoms with van der Waals surface area (Å²) in [5.74, 6) is -0.100. The normalized spacial score (nSPS) is 12.1. The van der Waals surface area contributed by atoms with Crippen molar-refractivity contribution >= 4 is 34.5 Å². The largest absolute Gasteiger partial charge is 0.324 e. The van der Waals surface area contributed by atoms with Gasteiger partial charge in [-0.3, -0.25) is 4.79 Å². The predicted molar refractivity (Wildman–Crippen MR) is 80.8 cm³/mol. The summed E-state index contributed by atoms with van der Waals surface area (Å²) in [6.45, 7) is 2.29. The number of thiophene rings is 1.